The highest BCUT2D eigenvalue weighted by molar-refractivity contribution is 6.34. The van der Waals surface area contributed by atoms with Crippen molar-refractivity contribution < 1.29 is 14.3 Å². The maximum absolute atomic E-state index is 13.0. The van der Waals surface area contributed by atoms with Gasteiger partial charge in [0, 0.05) is 52.2 Å². The molecular formula is C18H27ClN4O3. The Morgan fingerprint density at radius 3 is 2.77 bits per heavy atom. The summed E-state index contributed by atoms with van der Waals surface area (Å²) in [5.41, 5.74) is 1.08. The number of aryl methyl sites for hydroxylation is 1. The molecule has 7 nitrogen and oxygen atoms in total. The molecule has 8 heteroatoms. The molecule has 26 heavy (non-hydrogen) atoms. The molecule has 0 saturated carbocycles. The van der Waals surface area contributed by atoms with E-state index < -0.39 is 0 Å². The largest absolute Gasteiger partial charge is 0.383 e. The van der Waals surface area contributed by atoms with Crippen LogP contribution in [-0.4, -0.2) is 71.3 Å². The maximum atomic E-state index is 13.0. The first-order chi connectivity index (χ1) is 12.4. The van der Waals surface area contributed by atoms with E-state index in [9.17, 15) is 9.59 Å². The molecule has 3 heterocycles. The van der Waals surface area contributed by atoms with Crippen molar-refractivity contribution in [2.75, 3.05) is 39.9 Å². The van der Waals surface area contributed by atoms with E-state index in [1.165, 1.54) is 0 Å². The van der Waals surface area contributed by atoms with Crippen LogP contribution in [0.4, 0.5) is 0 Å². The number of rotatable bonds is 4. The highest BCUT2D eigenvalue weighted by Crippen LogP contribution is 2.39. The smallest absolute Gasteiger partial charge is 0.275 e. The fourth-order valence-corrected chi connectivity index (χ4v) is 4.33. The first-order valence-electron chi connectivity index (χ1n) is 9.12. The molecule has 3 rings (SSSR count). The minimum Gasteiger partial charge on any atom is -0.383 e. The van der Waals surface area contributed by atoms with Gasteiger partial charge in [-0.25, -0.2) is 0 Å². The van der Waals surface area contributed by atoms with Crippen molar-refractivity contribution in [3.05, 3.63) is 16.4 Å². The molecule has 0 aromatic carbocycles. The van der Waals surface area contributed by atoms with E-state index in [0.29, 0.717) is 49.9 Å². The van der Waals surface area contributed by atoms with E-state index in [2.05, 4.69) is 5.10 Å². The van der Waals surface area contributed by atoms with Crippen molar-refractivity contribution in [1.82, 2.24) is 19.6 Å². The van der Waals surface area contributed by atoms with Crippen molar-refractivity contribution in [1.29, 1.82) is 0 Å². The van der Waals surface area contributed by atoms with Gasteiger partial charge in [-0.2, -0.15) is 5.10 Å². The number of methoxy groups -OCH3 is 1. The Labute approximate surface area is 159 Å². The Kier molecular flexibility index (Phi) is 5.58. The lowest BCUT2D eigenvalue weighted by Crippen LogP contribution is -2.55. The molecule has 2 fully saturated rings. The number of halogens is 1. The topological polar surface area (TPSA) is 67.7 Å². The van der Waals surface area contributed by atoms with Crippen LogP contribution in [0, 0.1) is 12.3 Å². The molecule has 1 aromatic rings. The Bertz CT molecular complexity index is 705. The van der Waals surface area contributed by atoms with Gasteiger partial charge < -0.3 is 14.5 Å². The number of carbonyl (C=O) groups excluding carboxylic acids is 2. The number of hydrogen-bond donors (Lipinski definition) is 0. The predicted molar refractivity (Wildman–Crippen MR) is 98.2 cm³/mol. The van der Waals surface area contributed by atoms with Gasteiger partial charge in [-0.3, -0.25) is 14.3 Å². The van der Waals surface area contributed by atoms with Crippen LogP contribution in [0.1, 0.15) is 41.9 Å². The second kappa shape index (κ2) is 7.56. The average Bonchev–Trinajstić information content (AvgIpc) is 2.89. The zero-order valence-corrected chi connectivity index (χ0v) is 16.5. The van der Waals surface area contributed by atoms with E-state index in [1.54, 1.807) is 18.8 Å². The molecular weight excluding hydrogens is 356 g/mol. The van der Waals surface area contributed by atoms with Crippen LogP contribution in [0.15, 0.2) is 0 Å². The summed E-state index contributed by atoms with van der Waals surface area (Å²) >= 11 is 6.31. The molecule has 2 aliphatic heterocycles. The second-order valence-corrected chi connectivity index (χ2v) is 7.89. The van der Waals surface area contributed by atoms with Gasteiger partial charge in [-0.05, 0) is 26.2 Å². The molecule has 0 radical (unpaired) electrons. The van der Waals surface area contributed by atoms with Crippen molar-refractivity contribution in [3.8, 4) is 0 Å². The van der Waals surface area contributed by atoms with Gasteiger partial charge in [0.05, 0.1) is 17.3 Å². The van der Waals surface area contributed by atoms with E-state index >= 15 is 0 Å². The van der Waals surface area contributed by atoms with Crippen LogP contribution in [0.25, 0.3) is 0 Å². The number of hydrogen-bond acceptors (Lipinski definition) is 4. The third-order valence-corrected chi connectivity index (χ3v) is 6.18. The summed E-state index contributed by atoms with van der Waals surface area (Å²) in [6, 6.07) is 0. The third kappa shape index (κ3) is 3.60. The van der Waals surface area contributed by atoms with Crippen molar-refractivity contribution in [2.24, 2.45) is 12.5 Å². The molecule has 0 aliphatic carbocycles. The summed E-state index contributed by atoms with van der Waals surface area (Å²) in [5.74, 6) is 0.0673. The van der Waals surface area contributed by atoms with Crippen molar-refractivity contribution in [3.63, 3.8) is 0 Å². The lowest BCUT2D eigenvalue weighted by Gasteiger charge is -2.48. The van der Waals surface area contributed by atoms with E-state index in [1.807, 2.05) is 16.7 Å². The molecule has 0 N–H and O–H groups in total. The Morgan fingerprint density at radius 2 is 2.12 bits per heavy atom. The summed E-state index contributed by atoms with van der Waals surface area (Å²) in [4.78, 5) is 29.0. The maximum Gasteiger partial charge on any atom is 0.275 e. The minimum atomic E-state index is -0.113. The molecule has 0 unspecified atom stereocenters. The van der Waals surface area contributed by atoms with E-state index in [4.69, 9.17) is 16.3 Å². The fraction of sp³-hybridized carbons (Fsp3) is 0.722. The number of likely N-dealkylation sites (tertiary alicyclic amines) is 2. The quantitative estimate of drug-likeness (QED) is 0.797. The zero-order chi connectivity index (χ0) is 18.9. The number of aromatic nitrogens is 2. The standard InChI is InChI=1S/C18H27ClN4O3/c1-13-15(19)16(20-21(13)2)17(25)23-8-4-6-18(12-23)7-5-14(24)22(11-18)9-10-26-3/h4-12H2,1-3H3/t18-/m0/s1. The molecule has 1 aromatic heterocycles. The van der Waals surface area contributed by atoms with Gasteiger partial charge in [0.1, 0.15) is 0 Å². The molecule has 2 saturated heterocycles. The number of amides is 2. The molecule has 0 bridgehead atoms. The highest BCUT2D eigenvalue weighted by atomic mass is 35.5. The normalized spacial score (nSPS) is 23.8. The van der Waals surface area contributed by atoms with E-state index in [0.717, 1.165) is 25.0 Å². The third-order valence-electron chi connectivity index (χ3n) is 5.73. The first kappa shape index (κ1) is 19.2. The van der Waals surface area contributed by atoms with Gasteiger partial charge in [-0.1, -0.05) is 11.6 Å². The summed E-state index contributed by atoms with van der Waals surface area (Å²) in [5, 5.41) is 4.73. The summed E-state index contributed by atoms with van der Waals surface area (Å²) < 4.78 is 6.77. The molecule has 1 atom stereocenters. The summed E-state index contributed by atoms with van der Waals surface area (Å²) in [6.07, 6.45) is 3.33. The van der Waals surface area contributed by atoms with Crippen molar-refractivity contribution >= 4 is 23.4 Å². The highest BCUT2D eigenvalue weighted by Gasteiger charge is 2.43. The van der Waals surface area contributed by atoms with E-state index in [-0.39, 0.29) is 17.2 Å². The minimum absolute atomic E-state index is 0.0359. The lowest BCUT2D eigenvalue weighted by molar-refractivity contribution is -0.139. The van der Waals surface area contributed by atoms with Crippen molar-refractivity contribution in [2.45, 2.75) is 32.6 Å². The summed E-state index contributed by atoms with van der Waals surface area (Å²) in [6.45, 7) is 5.04. The Hall–Kier alpha value is -1.60. The van der Waals surface area contributed by atoms with Crippen LogP contribution >= 0.6 is 11.6 Å². The number of ether oxygens (including phenoxy) is 1. The van der Waals surface area contributed by atoms with Crippen LogP contribution in [0.2, 0.25) is 5.02 Å². The molecule has 2 amide bonds. The monoisotopic (exact) mass is 382 g/mol. The summed E-state index contributed by atoms with van der Waals surface area (Å²) in [7, 11) is 3.43. The van der Waals surface area contributed by atoms with Gasteiger partial charge in [0.2, 0.25) is 5.91 Å². The second-order valence-electron chi connectivity index (χ2n) is 7.51. The predicted octanol–water partition coefficient (Wildman–Crippen LogP) is 1.87. The lowest BCUT2D eigenvalue weighted by atomic mass is 9.73. The number of piperidine rings is 2. The van der Waals surface area contributed by atoms with Gasteiger partial charge in [-0.15, -0.1) is 0 Å². The SMILES string of the molecule is COCCN1C[C@]2(CCCN(C(=O)c3nn(C)c(C)c3Cl)C2)CCC1=O. The molecule has 1 spiro atoms. The average molecular weight is 383 g/mol. The number of carbonyl (C=O) groups is 2. The van der Waals surface area contributed by atoms with Crippen LogP contribution < -0.4 is 0 Å². The van der Waals surface area contributed by atoms with Gasteiger partial charge >= 0.3 is 0 Å². The zero-order valence-electron chi connectivity index (χ0n) is 15.8. The fourth-order valence-electron chi connectivity index (χ4n) is 4.09. The Balaban J connectivity index is 1.75. The molecule has 2 aliphatic rings. The number of nitrogens with zero attached hydrogens (tertiary/aromatic N) is 4. The van der Waals surface area contributed by atoms with Crippen LogP contribution in [0.5, 0.6) is 0 Å². The van der Waals surface area contributed by atoms with Gasteiger partial charge in [0.25, 0.3) is 5.91 Å². The molecule has 144 valence electrons. The van der Waals surface area contributed by atoms with Crippen LogP contribution in [-0.2, 0) is 16.6 Å². The first-order valence-corrected chi connectivity index (χ1v) is 9.50. The Morgan fingerprint density at radius 1 is 1.35 bits per heavy atom. The van der Waals surface area contributed by atoms with Gasteiger partial charge in [0.15, 0.2) is 5.69 Å². The van der Waals surface area contributed by atoms with Crippen LogP contribution in [0.3, 0.4) is 0 Å².